The smallest absolute Gasteiger partial charge is 0.142 e. The van der Waals surface area contributed by atoms with Crippen LogP contribution in [0.3, 0.4) is 0 Å². The molecule has 0 bridgehead atoms. The quantitative estimate of drug-likeness (QED) is 0.930. The maximum Gasteiger partial charge on any atom is 0.142 e. The van der Waals surface area contributed by atoms with Crippen LogP contribution in [0.2, 0.25) is 0 Å². The summed E-state index contributed by atoms with van der Waals surface area (Å²) in [5.41, 5.74) is 7.30. The molecule has 1 unspecified atom stereocenters. The first-order valence-corrected chi connectivity index (χ1v) is 7.10. The molecule has 1 heterocycles. The third-order valence-corrected chi connectivity index (χ3v) is 3.37. The monoisotopic (exact) mass is 272 g/mol. The summed E-state index contributed by atoms with van der Waals surface area (Å²) >= 11 is 0. The van der Waals surface area contributed by atoms with E-state index in [1.165, 1.54) is 0 Å². The van der Waals surface area contributed by atoms with Gasteiger partial charge in [-0.25, -0.2) is 0 Å². The van der Waals surface area contributed by atoms with Crippen LogP contribution in [-0.4, -0.2) is 21.3 Å². The lowest BCUT2D eigenvalue weighted by molar-refractivity contribution is 0.334. The van der Waals surface area contributed by atoms with E-state index in [0.29, 0.717) is 6.54 Å². The van der Waals surface area contributed by atoms with Gasteiger partial charge in [0.15, 0.2) is 0 Å². The molecular weight excluding hydrogens is 248 g/mol. The minimum absolute atomic E-state index is 0.214. The molecule has 0 saturated heterocycles. The number of nitrogens with two attached hydrogens (primary N) is 1. The summed E-state index contributed by atoms with van der Waals surface area (Å²) in [4.78, 5) is 0. The Morgan fingerprint density at radius 3 is 2.35 bits per heavy atom. The largest absolute Gasteiger partial charge is 0.330 e. The van der Waals surface area contributed by atoms with Gasteiger partial charge in [-0.15, -0.1) is 10.2 Å². The molecule has 108 valence electrons. The molecule has 4 nitrogen and oxygen atoms in total. The van der Waals surface area contributed by atoms with Crippen LogP contribution in [0.1, 0.15) is 44.8 Å². The van der Waals surface area contributed by atoms with Crippen molar-refractivity contribution < 1.29 is 0 Å². The van der Waals surface area contributed by atoms with Crippen LogP contribution in [0, 0.1) is 12.3 Å². The van der Waals surface area contributed by atoms with Gasteiger partial charge in [0.1, 0.15) is 11.6 Å². The highest BCUT2D eigenvalue weighted by atomic mass is 15.3. The van der Waals surface area contributed by atoms with Gasteiger partial charge in [0.05, 0.1) is 0 Å². The lowest BCUT2D eigenvalue weighted by Gasteiger charge is -2.25. The second-order valence-corrected chi connectivity index (χ2v) is 6.47. The van der Waals surface area contributed by atoms with Crippen molar-refractivity contribution in [3.8, 4) is 5.69 Å². The zero-order chi connectivity index (χ0) is 14.8. The molecule has 0 aliphatic carbocycles. The number of nitrogens with zero attached hydrogens (tertiary/aromatic N) is 3. The van der Waals surface area contributed by atoms with Gasteiger partial charge >= 0.3 is 0 Å². The molecule has 0 saturated carbocycles. The summed E-state index contributed by atoms with van der Waals surface area (Å²) in [6.45, 7) is 9.25. The van der Waals surface area contributed by atoms with Gasteiger partial charge in [-0.1, -0.05) is 39.0 Å². The second-order valence-electron chi connectivity index (χ2n) is 6.47. The highest BCUT2D eigenvalue weighted by Crippen LogP contribution is 2.31. The first-order valence-electron chi connectivity index (χ1n) is 7.10. The van der Waals surface area contributed by atoms with Gasteiger partial charge in [-0.2, -0.15) is 0 Å². The van der Waals surface area contributed by atoms with Crippen molar-refractivity contribution >= 4 is 0 Å². The Kier molecular flexibility index (Phi) is 4.23. The number of para-hydroxylation sites is 1. The van der Waals surface area contributed by atoms with E-state index in [0.717, 1.165) is 23.8 Å². The van der Waals surface area contributed by atoms with Crippen molar-refractivity contribution in [1.82, 2.24) is 14.8 Å². The van der Waals surface area contributed by atoms with Crippen LogP contribution >= 0.6 is 0 Å². The Morgan fingerprint density at radius 1 is 1.15 bits per heavy atom. The molecule has 1 aromatic carbocycles. The van der Waals surface area contributed by atoms with Crippen molar-refractivity contribution in [2.24, 2.45) is 11.1 Å². The van der Waals surface area contributed by atoms with E-state index < -0.39 is 0 Å². The average molecular weight is 272 g/mol. The van der Waals surface area contributed by atoms with Crippen molar-refractivity contribution in [1.29, 1.82) is 0 Å². The lowest BCUT2D eigenvalue weighted by Crippen LogP contribution is -2.22. The Bertz CT molecular complexity index is 552. The predicted octanol–water partition coefficient (Wildman–Crippen LogP) is 3.05. The van der Waals surface area contributed by atoms with Gasteiger partial charge in [0.2, 0.25) is 0 Å². The van der Waals surface area contributed by atoms with Gasteiger partial charge in [0.25, 0.3) is 0 Å². The number of hydrogen-bond donors (Lipinski definition) is 1. The first kappa shape index (κ1) is 14.7. The zero-order valence-corrected chi connectivity index (χ0v) is 12.8. The number of benzene rings is 1. The van der Waals surface area contributed by atoms with Gasteiger partial charge < -0.3 is 5.73 Å². The molecule has 20 heavy (non-hydrogen) atoms. The first-order chi connectivity index (χ1) is 9.42. The summed E-state index contributed by atoms with van der Waals surface area (Å²) in [6.07, 6.45) is 0.995. The van der Waals surface area contributed by atoms with E-state index >= 15 is 0 Å². The molecule has 1 atom stereocenters. The SMILES string of the molecule is Cc1nnc(C(CN)CC(C)(C)C)n1-c1ccccc1. The van der Waals surface area contributed by atoms with Crippen LogP contribution in [0.5, 0.6) is 0 Å². The van der Waals surface area contributed by atoms with E-state index in [9.17, 15) is 0 Å². The minimum Gasteiger partial charge on any atom is -0.330 e. The number of rotatable bonds is 4. The highest BCUT2D eigenvalue weighted by Gasteiger charge is 2.24. The normalized spacial score (nSPS) is 13.4. The van der Waals surface area contributed by atoms with E-state index in [1.54, 1.807) is 0 Å². The van der Waals surface area contributed by atoms with Crippen LogP contribution < -0.4 is 5.73 Å². The lowest BCUT2D eigenvalue weighted by atomic mass is 9.84. The molecule has 2 aromatic rings. The fourth-order valence-electron chi connectivity index (χ4n) is 2.56. The van der Waals surface area contributed by atoms with E-state index in [4.69, 9.17) is 5.73 Å². The molecular formula is C16H24N4. The molecule has 2 rings (SSSR count). The van der Waals surface area contributed by atoms with Crippen LogP contribution in [0.15, 0.2) is 30.3 Å². The zero-order valence-electron chi connectivity index (χ0n) is 12.8. The van der Waals surface area contributed by atoms with E-state index in [1.807, 2.05) is 25.1 Å². The molecule has 1 aromatic heterocycles. The average Bonchev–Trinajstić information content (AvgIpc) is 2.78. The summed E-state index contributed by atoms with van der Waals surface area (Å²) in [7, 11) is 0. The summed E-state index contributed by atoms with van der Waals surface area (Å²) in [5.74, 6) is 2.08. The Morgan fingerprint density at radius 2 is 1.80 bits per heavy atom. The summed E-state index contributed by atoms with van der Waals surface area (Å²) in [6, 6.07) is 10.2. The van der Waals surface area contributed by atoms with Gasteiger partial charge in [-0.3, -0.25) is 4.57 Å². The van der Waals surface area contributed by atoms with E-state index in [2.05, 4.69) is 47.7 Å². The summed E-state index contributed by atoms with van der Waals surface area (Å²) < 4.78 is 2.11. The van der Waals surface area contributed by atoms with Gasteiger partial charge in [-0.05, 0) is 30.9 Å². The number of hydrogen-bond acceptors (Lipinski definition) is 3. The fourth-order valence-corrected chi connectivity index (χ4v) is 2.56. The fraction of sp³-hybridized carbons (Fsp3) is 0.500. The molecule has 0 fully saturated rings. The Hall–Kier alpha value is -1.68. The number of aromatic nitrogens is 3. The van der Waals surface area contributed by atoms with Crippen molar-refractivity contribution in [3.63, 3.8) is 0 Å². The van der Waals surface area contributed by atoms with Crippen LogP contribution in [-0.2, 0) is 0 Å². The molecule has 0 radical (unpaired) electrons. The van der Waals surface area contributed by atoms with Gasteiger partial charge in [0, 0.05) is 18.2 Å². The van der Waals surface area contributed by atoms with Crippen molar-refractivity contribution in [2.45, 2.75) is 40.0 Å². The minimum atomic E-state index is 0.214. The summed E-state index contributed by atoms with van der Waals surface area (Å²) in [5, 5.41) is 8.63. The molecule has 0 aliphatic rings. The third kappa shape index (κ3) is 3.25. The third-order valence-electron chi connectivity index (χ3n) is 3.37. The van der Waals surface area contributed by atoms with Crippen LogP contribution in [0.25, 0.3) is 5.69 Å². The van der Waals surface area contributed by atoms with Crippen molar-refractivity contribution in [3.05, 3.63) is 42.0 Å². The molecule has 4 heteroatoms. The van der Waals surface area contributed by atoms with Crippen molar-refractivity contribution in [2.75, 3.05) is 6.54 Å². The standard InChI is InChI=1S/C16H24N4/c1-12-18-19-15(13(11-17)10-16(2,3)4)20(12)14-8-6-5-7-9-14/h5-9,13H,10-11,17H2,1-4H3. The molecule has 2 N–H and O–H groups in total. The maximum atomic E-state index is 5.99. The highest BCUT2D eigenvalue weighted by molar-refractivity contribution is 5.34. The van der Waals surface area contributed by atoms with Crippen LogP contribution in [0.4, 0.5) is 0 Å². The number of aryl methyl sites for hydroxylation is 1. The molecule has 0 spiro atoms. The Balaban J connectivity index is 2.42. The van der Waals surface area contributed by atoms with E-state index in [-0.39, 0.29) is 11.3 Å². The maximum absolute atomic E-state index is 5.99. The molecule has 0 aliphatic heterocycles. The Labute approximate surface area is 121 Å². The second kappa shape index (κ2) is 5.75. The predicted molar refractivity (Wildman–Crippen MR) is 82.0 cm³/mol. The molecule has 0 amide bonds. The topological polar surface area (TPSA) is 56.7 Å².